The molecule has 0 bridgehead atoms. The number of rotatable bonds is 5. The van der Waals surface area contributed by atoms with E-state index in [9.17, 15) is 4.79 Å². The summed E-state index contributed by atoms with van der Waals surface area (Å²) < 4.78 is 0. The molecule has 1 fully saturated rings. The van der Waals surface area contributed by atoms with Crippen LogP contribution in [-0.4, -0.2) is 25.6 Å². The highest BCUT2D eigenvalue weighted by atomic mass is 16.6. The molecule has 0 aliphatic carbocycles. The molecule has 4 nitrogen and oxygen atoms in total. The van der Waals surface area contributed by atoms with Gasteiger partial charge in [-0.05, 0) is 31.3 Å². The molecule has 0 spiro atoms. The summed E-state index contributed by atoms with van der Waals surface area (Å²) in [6.45, 7) is 6.66. The minimum Gasteiger partial charge on any atom is -0.316 e. The highest BCUT2D eigenvalue weighted by molar-refractivity contribution is 5.75. The van der Waals surface area contributed by atoms with E-state index in [4.69, 9.17) is 4.84 Å². The number of carbonyl (C=O) groups is 1. The van der Waals surface area contributed by atoms with E-state index in [1.165, 1.54) is 0 Å². The van der Waals surface area contributed by atoms with Crippen LogP contribution in [0.15, 0.2) is 0 Å². The first kappa shape index (κ1) is 11.5. The maximum Gasteiger partial charge on any atom is 0.243 e. The Kier molecular flexibility index (Phi) is 4.90. The molecule has 1 rings (SSSR count). The lowest BCUT2D eigenvalue weighted by molar-refractivity contribution is -0.135. The zero-order chi connectivity index (χ0) is 10.4. The normalized spacial score (nSPS) is 21.5. The van der Waals surface area contributed by atoms with Gasteiger partial charge in [0, 0.05) is 6.42 Å². The van der Waals surface area contributed by atoms with Crippen LogP contribution in [0.4, 0.5) is 0 Å². The molecule has 1 atom stereocenters. The second-order valence-electron chi connectivity index (χ2n) is 4.29. The molecule has 2 N–H and O–H groups in total. The summed E-state index contributed by atoms with van der Waals surface area (Å²) in [5.41, 5.74) is 2.47. The first-order valence-electron chi connectivity index (χ1n) is 5.30. The van der Waals surface area contributed by atoms with Gasteiger partial charge in [0.1, 0.15) is 0 Å². The zero-order valence-corrected chi connectivity index (χ0v) is 9.01. The standard InChI is InChI=1S/C10H20N2O2/c1-8(2)7-14-12-10(13)5-9-3-4-11-6-9/h8-9,11H,3-7H2,1-2H3,(H,12,13). The number of carbonyl (C=O) groups excluding carboxylic acids is 1. The van der Waals surface area contributed by atoms with Crippen molar-refractivity contribution in [1.29, 1.82) is 0 Å². The minimum atomic E-state index is -0.000602. The second-order valence-corrected chi connectivity index (χ2v) is 4.29. The Morgan fingerprint density at radius 1 is 1.64 bits per heavy atom. The van der Waals surface area contributed by atoms with Crippen LogP contribution in [0.5, 0.6) is 0 Å². The maximum absolute atomic E-state index is 11.3. The van der Waals surface area contributed by atoms with E-state index in [1.807, 2.05) is 13.8 Å². The fourth-order valence-electron chi connectivity index (χ4n) is 1.48. The van der Waals surface area contributed by atoms with Crippen molar-refractivity contribution in [3.05, 3.63) is 0 Å². The minimum absolute atomic E-state index is 0.000602. The number of hydrogen-bond donors (Lipinski definition) is 2. The summed E-state index contributed by atoms with van der Waals surface area (Å²) in [4.78, 5) is 16.4. The van der Waals surface area contributed by atoms with E-state index >= 15 is 0 Å². The van der Waals surface area contributed by atoms with Gasteiger partial charge in [-0.15, -0.1) is 0 Å². The predicted octanol–water partition coefficient (Wildman–Crippen LogP) is 0.690. The molecule has 1 aliphatic heterocycles. The highest BCUT2D eigenvalue weighted by Crippen LogP contribution is 2.11. The molecule has 1 heterocycles. The van der Waals surface area contributed by atoms with Crippen molar-refractivity contribution < 1.29 is 9.63 Å². The lowest BCUT2D eigenvalue weighted by atomic mass is 10.1. The number of nitrogens with one attached hydrogen (secondary N) is 2. The SMILES string of the molecule is CC(C)CONC(=O)CC1CCNC1. The van der Waals surface area contributed by atoms with Crippen LogP contribution in [0.25, 0.3) is 0 Å². The van der Waals surface area contributed by atoms with Crippen LogP contribution < -0.4 is 10.8 Å². The lowest BCUT2D eigenvalue weighted by Crippen LogP contribution is -2.27. The van der Waals surface area contributed by atoms with Gasteiger partial charge in [0.05, 0.1) is 6.61 Å². The Hall–Kier alpha value is -0.610. The van der Waals surface area contributed by atoms with E-state index in [0.29, 0.717) is 24.9 Å². The number of hydrogen-bond acceptors (Lipinski definition) is 3. The third-order valence-corrected chi connectivity index (χ3v) is 2.24. The fourth-order valence-corrected chi connectivity index (χ4v) is 1.48. The molecule has 1 saturated heterocycles. The summed E-state index contributed by atoms with van der Waals surface area (Å²) in [6.07, 6.45) is 1.67. The van der Waals surface area contributed by atoms with Crippen molar-refractivity contribution in [3.63, 3.8) is 0 Å². The van der Waals surface area contributed by atoms with E-state index in [0.717, 1.165) is 19.5 Å². The smallest absolute Gasteiger partial charge is 0.243 e. The molecule has 0 radical (unpaired) electrons. The molecule has 1 amide bonds. The van der Waals surface area contributed by atoms with Crippen molar-refractivity contribution in [2.24, 2.45) is 11.8 Å². The molecule has 14 heavy (non-hydrogen) atoms. The predicted molar refractivity (Wildman–Crippen MR) is 54.5 cm³/mol. The fraction of sp³-hybridized carbons (Fsp3) is 0.900. The summed E-state index contributed by atoms with van der Waals surface area (Å²) >= 11 is 0. The molecule has 0 aromatic heterocycles. The van der Waals surface area contributed by atoms with Gasteiger partial charge in [-0.3, -0.25) is 9.63 Å². The van der Waals surface area contributed by atoms with E-state index < -0.39 is 0 Å². The van der Waals surface area contributed by atoms with Crippen LogP contribution in [-0.2, 0) is 9.63 Å². The Bertz CT molecular complexity index is 177. The average Bonchev–Trinajstić information content (AvgIpc) is 2.56. The summed E-state index contributed by atoms with van der Waals surface area (Å²) in [7, 11) is 0. The molecule has 0 aromatic carbocycles. The first-order valence-corrected chi connectivity index (χ1v) is 5.30. The molecular formula is C10H20N2O2. The number of amides is 1. The van der Waals surface area contributed by atoms with Crippen LogP contribution in [0.3, 0.4) is 0 Å². The van der Waals surface area contributed by atoms with Crippen molar-refractivity contribution in [2.75, 3.05) is 19.7 Å². The molecule has 4 heteroatoms. The molecular weight excluding hydrogens is 180 g/mol. The second kappa shape index (κ2) is 5.98. The van der Waals surface area contributed by atoms with Gasteiger partial charge in [-0.2, -0.15) is 0 Å². The van der Waals surface area contributed by atoms with E-state index in [2.05, 4.69) is 10.8 Å². The van der Waals surface area contributed by atoms with Crippen LogP contribution in [0.2, 0.25) is 0 Å². The highest BCUT2D eigenvalue weighted by Gasteiger charge is 2.17. The maximum atomic E-state index is 11.3. The molecule has 82 valence electrons. The van der Waals surface area contributed by atoms with Gasteiger partial charge >= 0.3 is 0 Å². The van der Waals surface area contributed by atoms with Gasteiger partial charge in [-0.1, -0.05) is 13.8 Å². The van der Waals surface area contributed by atoms with Gasteiger partial charge < -0.3 is 5.32 Å². The van der Waals surface area contributed by atoms with Crippen molar-refractivity contribution >= 4 is 5.91 Å². The Morgan fingerprint density at radius 2 is 2.43 bits per heavy atom. The van der Waals surface area contributed by atoms with Crippen LogP contribution in [0.1, 0.15) is 26.7 Å². The molecule has 1 aliphatic rings. The Labute approximate surface area is 85.3 Å². The number of hydroxylamine groups is 1. The lowest BCUT2D eigenvalue weighted by Gasteiger charge is -2.10. The van der Waals surface area contributed by atoms with Crippen LogP contribution >= 0.6 is 0 Å². The van der Waals surface area contributed by atoms with Crippen molar-refractivity contribution in [3.8, 4) is 0 Å². The first-order chi connectivity index (χ1) is 6.68. The summed E-state index contributed by atoms with van der Waals surface area (Å²) in [5.74, 6) is 0.931. The zero-order valence-electron chi connectivity index (χ0n) is 9.01. The van der Waals surface area contributed by atoms with Crippen molar-refractivity contribution in [2.45, 2.75) is 26.7 Å². The van der Waals surface area contributed by atoms with Gasteiger partial charge in [0.15, 0.2) is 0 Å². The van der Waals surface area contributed by atoms with Gasteiger partial charge in [-0.25, -0.2) is 5.48 Å². The van der Waals surface area contributed by atoms with E-state index in [1.54, 1.807) is 0 Å². The van der Waals surface area contributed by atoms with Gasteiger partial charge in [0.2, 0.25) is 5.91 Å². The Balaban J connectivity index is 2.03. The molecule has 0 aromatic rings. The summed E-state index contributed by atoms with van der Waals surface area (Å²) in [5, 5.41) is 3.23. The third-order valence-electron chi connectivity index (χ3n) is 2.24. The Morgan fingerprint density at radius 3 is 3.00 bits per heavy atom. The average molecular weight is 200 g/mol. The topological polar surface area (TPSA) is 50.4 Å². The van der Waals surface area contributed by atoms with Crippen LogP contribution in [0, 0.1) is 11.8 Å². The monoisotopic (exact) mass is 200 g/mol. The van der Waals surface area contributed by atoms with Gasteiger partial charge in [0.25, 0.3) is 0 Å². The quantitative estimate of drug-likeness (QED) is 0.642. The van der Waals surface area contributed by atoms with E-state index in [-0.39, 0.29) is 5.91 Å². The largest absolute Gasteiger partial charge is 0.316 e. The molecule has 1 unspecified atom stereocenters. The van der Waals surface area contributed by atoms with Crippen molar-refractivity contribution in [1.82, 2.24) is 10.8 Å². The third kappa shape index (κ3) is 4.58. The summed E-state index contributed by atoms with van der Waals surface area (Å²) in [6, 6.07) is 0. The molecule has 0 saturated carbocycles.